The van der Waals surface area contributed by atoms with Gasteiger partial charge >= 0.3 is 0 Å². The van der Waals surface area contributed by atoms with Crippen LogP contribution < -0.4 is 5.32 Å². The van der Waals surface area contributed by atoms with Gasteiger partial charge in [0.25, 0.3) is 0 Å². The Labute approximate surface area is 89.1 Å². The minimum absolute atomic E-state index is 0.794. The first-order valence-corrected chi connectivity index (χ1v) is 5.58. The summed E-state index contributed by atoms with van der Waals surface area (Å²) < 4.78 is 2.08. The van der Waals surface area contributed by atoms with Gasteiger partial charge in [-0.05, 0) is 25.0 Å². The van der Waals surface area contributed by atoms with Crippen molar-refractivity contribution in [3.05, 3.63) is 36.3 Å². The van der Waals surface area contributed by atoms with Gasteiger partial charge in [0.1, 0.15) is 5.65 Å². The molecule has 2 heterocycles. The summed E-state index contributed by atoms with van der Waals surface area (Å²) in [6.45, 7) is 1.05. The van der Waals surface area contributed by atoms with Crippen LogP contribution in [0.2, 0.25) is 0 Å². The summed E-state index contributed by atoms with van der Waals surface area (Å²) in [7, 11) is 0. The topological polar surface area (TPSA) is 29.3 Å². The maximum Gasteiger partial charge on any atom is 0.136 e. The van der Waals surface area contributed by atoms with E-state index in [0.717, 1.165) is 24.7 Å². The highest BCUT2D eigenvalue weighted by Crippen LogP contribution is 2.18. The molecular weight excluding hydrogens is 186 g/mol. The Morgan fingerprint density at radius 2 is 2.33 bits per heavy atom. The standard InChI is InChI=1S/C12H15N3/c1-2-8-15-9-11(14-12(15)3-1)6-7-13-10-4-5-10/h1-3,8-10,13H,4-7H2. The Morgan fingerprint density at radius 1 is 1.40 bits per heavy atom. The van der Waals surface area contributed by atoms with Crippen LogP contribution >= 0.6 is 0 Å². The lowest BCUT2D eigenvalue weighted by atomic mass is 10.3. The first-order chi connectivity index (χ1) is 7.42. The molecule has 3 heteroatoms. The number of nitrogens with zero attached hydrogens (tertiary/aromatic N) is 2. The van der Waals surface area contributed by atoms with Crippen molar-refractivity contribution in [2.75, 3.05) is 6.54 Å². The van der Waals surface area contributed by atoms with Gasteiger partial charge in [0.05, 0.1) is 5.69 Å². The summed E-state index contributed by atoms with van der Waals surface area (Å²) in [6, 6.07) is 6.88. The van der Waals surface area contributed by atoms with E-state index >= 15 is 0 Å². The van der Waals surface area contributed by atoms with Crippen LogP contribution in [-0.4, -0.2) is 22.0 Å². The lowest BCUT2D eigenvalue weighted by molar-refractivity contribution is 0.677. The number of hydrogen-bond acceptors (Lipinski definition) is 2. The van der Waals surface area contributed by atoms with Crippen molar-refractivity contribution < 1.29 is 0 Å². The third-order valence-electron chi connectivity index (χ3n) is 2.81. The third kappa shape index (κ3) is 2.02. The van der Waals surface area contributed by atoms with Gasteiger partial charge in [0.15, 0.2) is 0 Å². The number of aromatic nitrogens is 2. The maximum absolute atomic E-state index is 4.55. The molecular formula is C12H15N3. The van der Waals surface area contributed by atoms with Crippen molar-refractivity contribution in [1.82, 2.24) is 14.7 Å². The van der Waals surface area contributed by atoms with Crippen LogP contribution in [0.1, 0.15) is 18.5 Å². The molecule has 3 rings (SSSR count). The smallest absolute Gasteiger partial charge is 0.136 e. The molecule has 2 aromatic rings. The minimum Gasteiger partial charge on any atom is -0.314 e. The molecule has 1 aliphatic rings. The average molecular weight is 201 g/mol. The molecule has 15 heavy (non-hydrogen) atoms. The second-order valence-corrected chi connectivity index (χ2v) is 4.18. The van der Waals surface area contributed by atoms with Crippen molar-refractivity contribution in [3.63, 3.8) is 0 Å². The highest BCUT2D eigenvalue weighted by Gasteiger charge is 2.19. The first-order valence-electron chi connectivity index (χ1n) is 5.58. The zero-order chi connectivity index (χ0) is 10.1. The number of pyridine rings is 1. The highest BCUT2D eigenvalue weighted by atomic mass is 15.0. The second-order valence-electron chi connectivity index (χ2n) is 4.18. The van der Waals surface area contributed by atoms with Gasteiger partial charge in [-0.15, -0.1) is 0 Å². The van der Waals surface area contributed by atoms with Gasteiger partial charge in [-0.3, -0.25) is 0 Å². The van der Waals surface area contributed by atoms with Crippen LogP contribution in [0.5, 0.6) is 0 Å². The monoisotopic (exact) mass is 201 g/mol. The van der Waals surface area contributed by atoms with E-state index in [1.807, 2.05) is 24.4 Å². The predicted octanol–water partition coefficient (Wildman–Crippen LogP) is 1.63. The number of hydrogen-bond donors (Lipinski definition) is 1. The van der Waals surface area contributed by atoms with E-state index in [9.17, 15) is 0 Å². The van der Waals surface area contributed by atoms with Crippen molar-refractivity contribution >= 4 is 5.65 Å². The molecule has 0 atom stereocenters. The molecule has 0 spiro atoms. The molecule has 2 aromatic heterocycles. The van der Waals surface area contributed by atoms with Gasteiger partial charge < -0.3 is 9.72 Å². The molecule has 0 aliphatic heterocycles. The Kier molecular flexibility index (Phi) is 2.18. The molecule has 1 N–H and O–H groups in total. The number of fused-ring (bicyclic) bond motifs is 1. The van der Waals surface area contributed by atoms with E-state index in [4.69, 9.17) is 0 Å². The van der Waals surface area contributed by atoms with E-state index < -0.39 is 0 Å². The molecule has 1 aliphatic carbocycles. The SMILES string of the molecule is c1ccn2cc(CCNC3CC3)nc2c1. The molecule has 3 nitrogen and oxygen atoms in total. The highest BCUT2D eigenvalue weighted by molar-refractivity contribution is 5.39. The van der Waals surface area contributed by atoms with Crippen LogP contribution in [0.15, 0.2) is 30.6 Å². The largest absolute Gasteiger partial charge is 0.314 e. The second kappa shape index (κ2) is 3.66. The predicted molar refractivity (Wildman–Crippen MR) is 59.9 cm³/mol. The quantitative estimate of drug-likeness (QED) is 0.814. The summed E-state index contributed by atoms with van der Waals surface area (Å²) in [5, 5.41) is 3.50. The molecule has 0 radical (unpaired) electrons. The Balaban J connectivity index is 1.68. The number of imidazole rings is 1. The van der Waals surface area contributed by atoms with E-state index in [0.29, 0.717) is 0 Å². The summed E-state index contributed by atoms with van der Waals surface area (Å²) in [4.78, 5) is 4.55. The van der Waals surface area contributed by atoms with Crippen LogP contribution in [0.4, 0.5) is 0 Å². The number of nitrogens with one attached hydrogen (secondary N) is 1. The fraction of sp³-hybridized carbons (Fsp3) is 0.417. The average Bonchev–Trinajstić information content (AvgIpc) is 2.97. The van der Waals surface area contributed by atoms with Crippen molar-refractivity contribution in [3.8, 4) is 0 Å². The lowest BCUT2D eigenvalue weighted by Gasteiger charge is -1.98. The Morgan fingerprint density at radius 3 is 3.13 bits per heavy atom. The zero-order valence-electron chi connectivity index (χ0n) is 8.69. The molecule has 1 saturated carbocycles. The van der Waals surface area contributed by atoms with Crippen LogP contribution in [0, 0.1) is 0 Å². The van der Waals surface area contributed by atoms with E-state index in [2.05, 4.69) is 20.9 Å². The molecule has 0 saturated heterocycles. The van der Waals surface area contributed by atoms with Crippen molar-refractivity contribution in [2.24, 2.45) is 0 Å². The van der Waals surface area contributed by atoms with E-state index in [1.54, 1.807) is 0 Å². The van der Waals surface area contributed by atoms with Gasteiger partial charge in [-0.25, -0.2) is 4.98 Å². The summed E-state index contributed by atoms with van der Waals surface area (Å²) in [5.41, 5.74) is 2.22. The first kappa shape index (κ1) is 8.92. The molecule has 0 aromatic carbocycles. The third-order valence-corrected chi connectivity index (χ3v) is 2.81. The lowest BCUT2D eigenvalue weighted by Crippen LogP contribution is -2.19. The van der Waals surface area contributed by atoms with E-state index in [-0.39, 0.29) is 0 Å². The number of rotatable bonds is 4. The fourth-order valence-electron chi connectivity index (χ4n) is 1.80. The Hall–Kier alpha value is -1.35. The molecule has 0 bridgehead atoms. The van der Waals surface area contributed by atoms with Crippen LogP contribution in [0.25, 0.3) is 5.65 Å². The van der Waals surface area contributed by atoms with Crippen molar-refractivity contribution in [2.45, 2.75) is 25.3 Å². The summed E-state index contributed by atoms with van der Waals surface area (Å²) in [6.07, 6.45) is 7.89. The van der Waals surface area contributed by atoms with Gasteiger partial charge in [-0.1, -0.05) is 6.07 Å². The molecule has 0 unspecified atom stereocenters. The zero-order valence-corrected chi connectivity index (χ0v) is 8.69. The van der Waals surface area contributed by atoms with E-state index in [1.165, 1.54) is 18.5 Å². The maximum atomic E-state index is 4.55. The van der Waals surface area contributed by atoms with Gasteiger partial charge in [0, 0.05) is 31.4 Å². The summed E-state index contributed by atoms with van der Waals surface area (Å²) >= 11 is 0. The fourth-order valence-corrected chi connectivity index (χ4v) is 1.80. The normalized spacial score (nSPS) is 16.0. The van der Waals surface area contributed by atoms with Gasteiger partial charge in [-0.2, -0.15) is 0 Å². The van der Waals surface area contributed by atoms with Crippen LogP contribution in [0.3, 0.4) is 0 Å². The molecule has 1 fully saturated rings. The summed E-state index contributed by atoms with van der Waals surface area (Å²) in [5.74, 6) is 0. The molecule has 78 valence electrons. The van der Waals surface area contributed by atoms with Gasteiger partial charge in [0.2, 0.25) is 0 Å². The Bertz CT molecular complexity index is 424. The van der Waals surface area contributed by atoms with Crippen molar-refractivity contribution in [1.29, 1.82) is 0 Å². The van der Waals surface area contributed by atoms with Crippen LogP contribution in [-0.2, 0) is 6.42 Å². The molecule has 0 amide bonds. The minimum atomic E-state index is 0.794.